The minimum atomic E-state index is -0.983. The van der Waals surface area contributed by atoms with Crippen LogP contribution in [0.2, 0.25) is 0 Å². The summed E-state index contributed by atoms with van der Waals surface area (Å²) in [5.74, 6) is 0.175. The number of hydrogen-bond donors (Lipinski definition) is 1. The van der Waals surface area contributed by atoms with Crippen molar-refractivity contribution >= 4 is 23.2 Å². The van der Waals surface area contributed by atoms with Crippen molar-refractivity contribution in [3.05, 3.63) is 77.9 Å². The molecule has 1 aromatic heterocycles. The molecule has 36 heavy (non-hydrogen) atoms. The number of hydrogen-bond acceptors (Lipinski definition) is 7. The van der Waals surface area contributed by atoms with Crippen LogP contribution in [0.15, 0.2) is 66.2 Å². The van der Waals surface area contributed by atoms with Crippen LogP contribution in [0.25, 0.3) is 0 Å². The number of rotatable bonds is 9. The van der Waals surface area contributed by atoms with E-state index in [0.29, 0.717) is 17.9 Å². The van der Waals surface area contributed by atoms with Gasteiger partial charge in [-0.3, -0.25) is 14.6 Å². The highest BCUT2D eigenvalue weighted by Gasteiger charge is 2.29. The van der Waals surface area contributed by atoms with Gasteiger partial charge in [0, 0.05) is 36.0 Å². The third-order valence-corrected chi connectivity index (χ3v) is 5.83. The molecule has 1 N–H and O–H groups in total. The molecule has 186 valence electrons. The minimum absolute atomic E-state index is 0.0703. The molecule has 1 aliphatic rings. The zero-order valence-corrected chi connectivity index (χ0v) is 20.0. The maximum Gasteiger partial charge on any atom is 0.275 e. The van der Waals surface area contributed by atoms with Crippen molar-refractivity contribution in [1.29, 1.82) is 0 Å². The van der Waals surface area contributed by atoms with Gasteiger partial charge < -0.3 is 14.8 Å². The average Bonchev–Trinajstić information content (AvgIpc) is 2.91. The number of hydrazone groups is 1. The van der Waals surface area contributed by atoms with Crippen LogP contribution in [-0.4, -0.2) is 46.5 Å². The topological polar surface area (TPSA) is 106 Å². The second-order valence-corrected chi connectivity index (χ2v) is 8.11. The van der Waals surface area contributed by atoms with E-state index in [1.54, 1.807) is 24.3 Å². The van der Waals surface area contributed by atoms with E-state index >= 15 is 0 Å². The lowest BCUT2D eigenvalue weighted by Gasteiger charge is -2.29. The Labute approximate surface area is 208 Å². The summed E-state index contributed by atoms with van der Waals surface area (Å²) in [7, 11) is 1.49. The highest BCUT2D eigenvalue weighted by molar-refractivity contribution is 6.06. The standard InChI is InChI=1S/C26H26FN5O4/c1-3-18-13-24(33)32(31-25(18)19-6-9-22(35-2)23(12-19)36-16-27)15-17-4-7-20(8-5-17)30-26(34)21-14-28-10-11-29-21/h4-12,14,18H,3,13,15-16H2,1-2H3,(H,30,34). The van der Waals surface area contributed by atoms with E-state index in [0.717, 1.165) is 23.3 Å². The Hall–Kier alpha value is -4.34. The molecule has 2 amide bonds. The van der Waals surface area contributed by atoms with E-state index in [9.17, 15) is 14.0 Å². The van der Waals surface area contributed by atoms with Crippen LogP contribution in [0.4, 0.5) is 10.1 Å². The number of nitrogens with zero attached hydrogens (tertiary/aromatic N) is 4. The Kier molecular flexibility index (Phi) is 7.84. The highest BCUT2D eigenvalue weighted by Crippen LogP contribution is 2.32. The fourth-order valence-corrected chi connectivity index (χ4v) is 3.92. The molecule has 9 nitrogen and oxygen atoms in total. The Morgan fingerprint density at radius 2 is 1.97 bits per heavy atom. The summed E-state index contributed by atoms with van der Waals surface area (Å²) < 4.78 is 23.2. The van der Waals surface area contributed by atoms with Gasteiger partial charge in [-0.25, -0.2) is 14.4 Å². The predicted molar refractivity (Wildman–Crippen MR) is 132 cm³/mol. The molecule has 4 rings (SSSR count). The van der Waals surface area contributed by atoms with Gasteiger partial charge in [0.15, 0.2) is 11.5 Å². The quantitative estimate of drug-likeness (QED) is 0.481. The van der Waals surface area contributed by atoms with Gasteiger partial charge in [-0.15, -0.1) is 0 Å². The third-order valence-electron chi connectivity index (χ3n) is 5.83. The number of carbonyl (C=O) groups excluding carboxylic acids is 2. The summed E-state index contributed by atoms with van der Waals surface area (Å²) in [6.45, 7) is 1.28. The lowest BCUT2D eigenvalue weighted by molar-refractivity contribution is -0.133. The van der Waals surface area contributed by atoms with E-state index in [1.807, 2.05) is 25.1 Å². The molecule has 0 saturated carbocycles. The van der Waals surface area contributed by atoms with Crippen LogP contribution in [-0.2, 0) is 11.3 Å². The van der Waals surface area contributed by atoms with Crippen molar-refractivity contribution in [1.82, 2.24) is 15.0 Å². The van der Waals surface area contributed by atoms with Crippen molar-refractivity contribution in [2.75, 3.05) is 19.3 Å². The van der Waals surface area contributed by atoms with Gasteiger partial charge in [0.05, 0.1) is 25.6 Å². The van der Waals surface area contributed by atoms with Crippen molar-refractivity contribution in [3.63, 3.8) is 0 Å². The second kappa shape index (κ2) is 11.4. The molecule has 0 spiro atoms. The summed E-state index contributed by atoms with van der Waals surface area (Å²) in [5, 5.41) is 8.88. The van der Waals surface area contributed by atoms with E-state index in [4.69, 9.17) is 9.47 Å². The number of alkyl halides is 1. The lowest BCUT2D eigenvalue weighted by Crippen LogP contribution is -2.36. The summed E-state index contributed by atoms with van der Waals surface area (Å²) in [4.78, 5) is 33.0. The third kappa shape index (κ3) is 5.65. The Balaban J connectivity index is 1.52. The first kappa shape index (κ1) is 24.8. The highest BCUT2D eigenvalue weighted by atomic mass is 19.1. The fourth-order valence-electron chi connectivity index (χ4n) is 3.92. The lowest BCUT2D eigenvalue weighted by atomic mass is 9.89. The number of amides is 2. The Morgan fingerprint density at radius 1 is 1.17 bits per heavy atom. The summed E-state index contributed by atoms with van der Waals surface area (Å²) in [6.07, 6.45) is 5.37. The summed E-state index contributed by atoms with van der Waals surface area (Å²) >= 11 is 0. The van der Waals surface area contributed by atoms with Gasteiger partial charge in [0.25, 0.3) is 5.91 Å². The van der Waals surface area contributed by atoms with E-state index < -0.39 is 6.86 Å². The van der Waals surface area contributed by atoms with Crippen molar-refractivity contribution < 1.29 is 23.5 Å². The Morgan fingerprint density at radius 3 is 2.64 bits per heavy atom. The van der Waals surface area contributed by atoms with Crippen LogP contribution < -0.4 is 14.8 Å². The number of halogens is 1. The maximum absolute atomic E-state index is 12.9. The van der Waals surface area contributed by atoms with Gasteiger partial charge in [-0.1, -0.05) is 19.1 Å². The molecule has 0 aliphatic carbocycles. The zero-order chi connectivity index (χ0) is 25.5. The average molecular weight is 492 g/mol. The van der Waals surface area contributed by atoms with Gasteiger partial charge in [0.1, 0.15) is 5.69 Å². The summed E-state index contributed by atoms with van der Waals surface area (Å²) in [5.41, 5.74) is 3.12. The first-order chi connectivity index (χ1) is 17.5. The summed E-state index contributed by atoms with van der Waals surface area (Å²) in [6, 6.07) is 12.4. The fraction of sp³-hybridized carbons (Fsp3) is 0.269. The van der Waals surface area contributed by atoms with Gasteiger partial charge >= 0.3 is 0 Å². The first-order valence-corrected chi connectivity index (χ1v) is 11.4. The number of methoxy groups -OCH3 is 1. The molecule has 1 unspecified atom stereocenters. The van der Waals surface area contributed by atoms with Crippen LogP contribution in [0, 0.1) is 5.92 Å². The van der Waals surface area contributed by atoms with Crippen LogP contribution in [0.3, 0.4) is 0 Å². The van der Waals surface area contributed by atoms with Crippen LogP contribution in [0.5, 0.6) is 11.5 Å². The van der Waals surface area contributed by atoms with Crippen molar-refractivity contribution in [3.8, 4) is 11.5 Å². The van der Waals surface area contributed by atoms with Crippen molar-refractivity contribution in [2.45, 2.75) is 26.3 Å². The number of ether oxygens (including phenoxy) is 2. The number of aromatic nitrogens is 2. The minimum Gasteiger partial charge on any atom is -0.493 e. The smallest absolute Gasteiger partial charge is 0.275 e. The number of nitrogens with one attached hydrogen (secondary N) is 1. The predicted octanol–water partition coefficient (Wildman–Crippen LogP) is 4.21. The van der Waals surface area contributed by atoms with Crippen LogP contribution >= 0.6 is 0 Å². The van der Waals surface area contributed by atoms with E-state index in [-0.39, 0.29) is 35.7 Å². The maximum atomic E-state index is 12.9. The number of benzene rings is 2. The SMILES string of the molecule is CCC1CC(=O)N(Cc2ccc(NC(=O)c3cnccn3)cc2)N=C1c1ccc(OC)c(OCF)c1. The largest absolute Gasteiger partial charge is 0.493 e. The molecule has 0 radical (unpaired) electrons. The number of anilines is 1. The second-order valence-electron chi connectivity index (χ2n) is 8.11. The Bertz CT molecular complexity index is 1250. The molecule has 1 aliphatic heterocycles. The molecule has 10 heteroatoms. The monoisotopic (exact) mass is 491 g/mol. The van der Waals surface area contributed by atoms with Gasteiger partial charge in [-0.2, -0.15) is 5.10 Å². The van der Waals surface area contributed by atoms with Gasteiger partial charge in [-0.05, 0) is 42.3 Å². The molecule has 0 saturated heterocycles. The zero-order valence-electron chi connectivity index (χ0n) is 20.0. The first-order valence-electron chi connectivity index (χ1n) is 11.4. The normalized spacial score (nSPS) is 15.3. The molecule has 2 aromatic carbocycles. The molecular formula is C26H26FN5O4. The molecule has 3 aromatic rings. The molecule has 0 fully saturated rings. The molecule has 2 heterocycles. The van der Waals surface area contributed by atoms with Gasteiger partial charge in [0.2, 0.25) is 12.8 Å². The molecule has 1 atom stereocenters. The van der Waals surface area contributed by atoms with Crippen molar-refractivity contribution in [2.24, 2.45) is 11.0 Å². The van der Waals surface area contributed by atoms with E-state index in [1.165, 1.54) is 30.7 Å². The molecular weight excluding hydrogens is 465 g/mol. The molecule has 0 bridgehead atoms. The van der Waals surface area contributed by atoms with E-state index in [2.05, 4.69) is 20.4 Å². The number of carbonyl (C=O) groups is 2. The van der Waals surface area contributed by atoms with Crippen LogP contribution in [0.1, 0.15) is 41.4 Å².